The molecular weight excluding hydrogens is 386 g/mol. The Hall–Kier alpha value is -3.39. The molecular formula is C22H19N3O5. The molecule has 4 aliphatic rings. The summed E-state index contributed by atoms with van der Waals surface area (Å²) in [6.45, 7) is 0.904. The molecule has 0 radical (unpaired) electrons. The average Bonchev–Trinajstić information content (AvgIpc) is 3.53. The van der Waals surface area contributed by atoms with Gasteiger partial charge < -0.3 is 24.4 Å². The lowest BCUT2D eigenvalue weighted by Gasteiger charge is -2.23. The number of hydrogen-bond donors (Lipinski definition) is 1. The fourth-order valence-electron chi connectivity index (χ4n) is 4.88. The summed E-state index contributed by atoms with van der Waals surface area (Å²) in [4.78, 5) is 32.2. The molecule has 4 atom stereocenters. The van der Waals surface area contributed by atoms with Crippen LogP contribution in [0.2, 0.25) is 0 Å². The zero-order valence-electron chi connectivity index (χ0n) is 16.0. The highest BCUT2D eigenvalue weighted by atomic mass is 16.7. The smallest absolute Gasteiger partial charge is 0.234 e. The first kappa shape index (κ1) is 17.5. The van der Waals surface area contributed by atoms with E-state index in [1.807, 2.05) is 30.4 Å². The van der Waals surface area contributed by atoms with Crippen molar-refractivity contribution >= 4 is 17.5 Å². The van der Waals surface area contributed by atoms with Gasteiger partial charge >= 0.3 is 0 Å². The first-order valence-electron chi connectivity index (χ1n) is 9.89. The van der Waals surface area contributed by atoms with E-state index in [9.17, 15) is 9.59 Å². The molecule has 2 bridgehead atoms. The van der Waals surface area contributed by atoms with E-state index in [4.69, 9.17) is 14.2 Å². The van der Waals surface area contributed by atoms with E-state index in [0.717, 1.165) is 5.56 Å². The van der Waals surface area contributed by atoms with Crippen LogP contribution < -0.4 is 19.7 Å². The number of hydrogen-bond acceptors (Lipinski definition) is 6. The Morgan fingerprint density at radius 3 is 3.03 bits per heavy atom. The van der Waals surface area contributed by atoms with Crippen molar-refractivity contribution in [2.45, 2.75) is 18.2 Å². The number of benzene rings is 1. The lowest BCUT2D eigenvalue weighted by Crippen LogP contribution is -2.44. The van der Waals surface area contributed by atoms with Crippen LogP contribution in [0.4, 0.5) is 5.69 Å². The maximum absolute atomic E-state index is 13.4. The zero-order chi connectivity index (χ0) is 20.3. The van der Waals surface area contributed by atoms with Gasteiger partial charge in [0.05, 0.1) is 24.5 Å². The molecule has 2 amide bonds. The van der Waals surface area contributed by atoms with Gasteiger partial charge in [0.25, 0.3) is 0 Å². The molecule has 1 aromatic carbocycles. The van der Waals surface area contributed by atoms with Crippen LogP contribution in [0.5, 0.6) is 11.5 Å². The number of carbonyl (C=O) groups excluding carboxylic acids is 2. The number of anilines is 1. The Morgan fingerprint density at radius 2 is 2.17 bits per heavy atom. The molecule has 2 fully saturated rings. The Bertz CT molecular complexity index is 1070. The standard InChI is InChI=1S/C22H19N3O5/c26-20(24-10-13-2-1-7-23-9-13)18-16-5-6-22(30-16)11-25(21(27)19(18)22)14-3-4-15-17(8-14)29-12-28-15/h1-9,16,18-19H,10-12H2,(H,24,26)/t16-,18?,19?,22?/m1/s1. The summed E-state index contributed by atoms with van der Waals surface area (Å²) in [5.41, 5.74) is 0.844. The molecule has 6 rings (SSSR count). The minimum atomic E-state index is -0.769. The van der Waals surface area contributed by atoms with Gasteiger partial charge in [-0.15, -0.1) is 0 Å². The Morgan fingerprint density at radius 1 is 1.27 bits per heavy atom. The van der Waals surface area contributed by atoms with Gasteiger partial charge in [-0.2, -0.15) is 0 Å². The second-order valence-corrected chi connectivity index (χ2v) is 7.94. The third-order valence-corrected chi connectivity index (χ3v) is 6.26. The predicted octanol–water partition coefficient (Wildman–Crippen LogP) is 1.41. The van der Waals surface area contributed by atoms with E-state index in [2.05, 4.69) is 10.3 Å². The molecule has 8 heteroatoms. The number of amides is 2. The highest BCUT2D eigenvalue weighted by Crippen LogP contribution is 2.53. The van der Waals surface area contributed by atoms with Crippen LogP contribution in [0.1, 0.15) is 5.56 Å². The van der Waals surface area contributed by atoms with Crippen molar-refractivity contribution in [2.24, 2.45) is 11.8 Å². The highest BCUT2D eigenvalue weighted by molar-refractivity contribution is 6.03. The molecule has 1 aromatic heterocycles. The molecule has 2 saturated heterocycles. The third-order valence-electron chi connectivity index (χ3n) is 6.26. The van der Waals surface area contributed by atoms with Gasteiger partial charge in [-0.1, -0.05) is 18.2 Å². The summed E-state index contributed by atoms with van der Waals surface area (Å²) in [7, 11) is 0. The summed E-state index contributed by atoms with van der Waals surface area (Å²) < 4.78 is 17.0. The molecule has 3 unspecified atom stereocenters. The number of rotatable bonds is 4. The van der Waals surface area contributed by atoms with Crippen LogP contribution in [0, 0.1) is 11.8 Å². The van der Waals surface area contributed by atoms with Crippen molar-refractivity contribution in [3.63, 3.8) is 0 Å². The fourth-order valence-corrected chi connectivity index (χ4v) is 4.88. The third kappa shape index (κ3) is 2.46. The number of pyridine rings is 1. The quantitative estimate of drug-likeness (QED) is 0.774. The number of aromatic nitrogens is 1. The van der Waals surface area contributed by atoms with E-state index in [-0.39, 0.29) is 24.7 Å². The van der Waals surface area contributed by atoms with Crippen molar-refractivity contribution in [2.75, 3.05) is 18.2 Å². The largest absolute Gasteiger partial charge is 0.454 e. The molecule has 4 aliphatic heterocycles. The van der Waals surface area contributed by atoms with Gasteiger partial charge in [-0.05, 0) is 23.8 Å². The van der Waals surface area contributed by atoms with Crippen LogP contribution in [0.25, 0.3) is 0 Å². The summed E-state index contributed by atoms with van der Waals surface area (Å²) in [6.07, 6.45) is 6.86. The SMILES string of the molecule is O=C(NCc1cccnc1)C1C2C(=O)N(c3ccc4c(c3)OCO4)CC23C=C[C@H]1O3. The maximum atomic E-state index is 13.4. The average molecular weight is 405 g/mol. The second kappa shape index (κ2) is 6.30. The number of fused-ring (bicyclic) bond motifs is 2. The van der Waals surface area contributed by atoms with E-state index < -0.39 is 17.4 Å². The van der Waals surface area contributed by atoms with Gasteiger partial charge in [0.2, 0.25) is 18.6 Å². The molecule has 2 aromatic rings. The first-order valence-corrected chi connectivity index (χ1v) is 9.89. The lowest BCUT2D eigenvalue weighted by atomic mass is 9.77. The fraction of sp³-hybridized carbons (Fsp3) is 0.318. The minimum absolute atomic E-state index is 0.109. The normalized spacial score (nSPS) is 30.1. The van der Waals surface area contributed by atoms with Crippen molar-refractivity contribution in [3.8, 4) is 11.5 Å². The molecule has 0 saturated carbocycles. The molecule has 152 valence electrons. The second-order valence-electron chi connectivity index (χ2n) is 7.94. The zero-order valence-corrected chi connectivity index (χ0v) is 16.0. The number of nitrogens with one attached hydrogen (secondary N) is 1. The van der Waals surface area contributed by atoms with Crippen LogP contribution in [-0.4, -0.2) is 41.8 Å². The van der Waals surface area contributed by atoms with Crippen molar-refractivity contribution in [1.29, 1.82) is 0 Å². The topological polar surface area (TPSA) is 90.0 Å². The van der Waals surface area contributed by atoms with Crippen molar-refractivity contribution < 1.29 is 23.8 Å². The Balaban J connectivity index is 1.25. The number of nitrogens with zero attached hydrogens (tertiary/aromatic N) is 2. The van der Waals surface area contributed by atoms with Gasteiger partial charge in [0.1, 0.15) is 5.60 Å². The van der Waals surface area contributed by atoms with E-state index in [1.165, 1.54) is 0 Å². The summed E-state index contributed by atoms with van der Waals surface area (Å²) in [5, 5.41) is 2.94. The van der Waals surface area contributed by atoms with Crippen molar-refractivity contribution in [1.82, 2.24) is 10.3 Å². The van der Waals surface area contributed by atoms with Crippen LogP contribution >= 0.6 is 0 Å². The van der Waals surface area contributed by atoms with Gasteiger partial charge in [0.15, 0.2) is 11.5 Å². The van der Waals surface area contributed by atoms with Crippen LogP contribution in [0.3, 0.4) is 0 Å². The molecule has 1 N–H and O–H groups in total. The molecule has 30 heavy (non-hydrogen) atoms. The molecule has 8 nitrogen and oxygen atoms in total. The number of carbonyl (C=O) groups is 2. The molecule has 5 heterocycles. The van der Waals surface area contributed by atoms with E-state index >= 15 is 0 Å². The van der Waals surface area contributed by atoms with E-state index in [1.54, 1.807) is 29.4 Å². The van der Waals surface area contributed by atoms with E-state index in [0.29, 0.717) is 30.3 Å². The summed E-state index contributed by atoms with van der Waals surface area (Å²) >= 11 is 0. The van der Waals surface area contributed by atoms with Crippen molar-refractivity contribution in [3.05, 3.63) is 60.4 Å². The highest BCUT2D eigenvalue weighted by Gasteiger charge is 2.67. The maximum Gasteiger partial charge on any atom is 0.234 e. The predicted molar refractivity (Wildman–Crippen MR) is 105 cm³/mol. The van der Waals surface area contributed by atoms with Gasteiger partial charge in [-0.3, -0.25) is 14.6 Å². The Kier molecular flexibility index (Phi) is 3.67. The van der Waals surface area contributed by atoms with Gasteiger partial charge in [0, 0.05) is 30.7 Å². The summed E-state index contributed by atoms with van der Waals surface area (Å²) in [6, 6.07) is 9.14. The van der Waals surface area contributed by atoms with Crippen LogP contribution in [-0.2, 0) is 20.9 Å². The number of ether oxygens (including phenoxy) is 3. The minimum Gasteiger partial charge on any atom is -0.454 e. The lowest BCUT2D eigenvalue weighted by molar-refractivity contribution is -0.132. The van der Waals surface area contributed by atoms with Gasteiger partial charge in [-0.25, -0.2) is 0 Å². The molecule has 1 spiro atoms. The van der Waals surface area contributed by atoms with Crippen LogP contribution in [0.15, 0.2) is 54.9 Å². The monoisotopic (exact) mass is 405 g/mol. The summed E-state index contributed by atoms with van der Waals surface area (Å²) in [5.74, 6) is -0.122. The first-order chi connectivity index (χ1) is 14.6. The molecule has 0 aliphatic carbocycles. The Labute approximate surface area is 172 Å².